The van der Waals surface area contributed by atoms with Crippen LogP contribution in [-0.4, -0.2) is 24.1 Å². The van der Waals surface area contributed by atoms with Crippen LogP contribution in [-0.2, 0) is 4.79 Å². The number of nitrogens with one attached hydrogen (secondary N) is 1. The van der Waals surface area contributed by atoms with E-state index in [2.05, 4.69) is 23.3 Å². The third-order valence-electron chi connectivity index (χ3n) is 4.35. The number of thiazole rings is 1. The third-order valence-corrected chi connectivity index (χ3v) is 5.11. The SMILES string of the molecule is CCOc1ccccc1-c1csc(NC(=O)CCCOc2ccc(C)cc2C)n1. The van der Waals surface area contributed by atoms with Crippen LogP contribution in [0.2, 0.25) is 0 Å². The molecule has 3 aromatic rings. The fraction of sp³-hybridized carbons (Fsp3) is 0.304. The summed E-state index contributed by atoms with van der Waals surface area (Å²) in [6.07, 6.45) is 1.03. The Morgan fingerprint density at radius 2 is 1.93 bits per heavy atom. The largest absolute Gasteiger partial charge is 0.493 e. The van der Waals surface area contributed by atoms with Crippen molar-refractivity contribution in [2.75, 3.05) is 18.5 Å². The number of nitrogens with zero attached hydrogens (tertiary/aromatic N) is 1. The maximum Gasteiger partial charge on any atom is 0.226 e. The molecule has 1 aromatic heterocycles. The minimum Gasteiger partial charge on any atom is -0.493 e. The molecular formula is C23H26N2O3S. The standard InChI is InChI=1S/C23H26N2O3S/c1-4-27-21-9-6-5-8-18(21)19-15-29-23(24-19)25-22(26)10-7-13-28-20-12-11-16(2)14-17(20)3/h5-6,8-9,11-12,14-15H,4,7,10,13H2,1-3H3,(H,24,25,26). The highest BCUT2D eigenvalue weighted by molar-refractivity contribution is 7.14. The lowest BCUT2D eigenvalue weighted by Crippen LogP contribution is -2.12. The molecule has 5 nitrogen and oxygen atoms in total. The molecule has 0 fully saturated rings. The molecule has 6 heteroatoms. The van der Waals surface area contributed by atoms with Gasteiger partial charge in [-0.3, -0.25) is 4.79 Å². The van der Waals surface area contributed by atoms with Gasteiger partial charge in [-0.25, -0.2) is 4.98 Å². The number of hydrogen-bond donors (Lipinski definition) is 1. The number of aryl methyl sites for hydroxylation is 2. The molecule has 3 rings (SSSR count). The molecule has 0 aliphatic heterocycles. The number of carbonyl (C=O) groups excluding carboxylic acids is 1. The van der Waals surface area contributed by atoms with Gasteiger partial charge in [0.25, 0.3) is 0 Å². The van der Waals surface area contributed by atoms with Gasteiger partial charge in [0, 0.05) is 17.4 Å². The Balaban J connectivity index is 1.49. The normalized spacial score (nSPS) is 10.6. The molecule has 0 aliphatic rings. The third kappa shape index (κ3) is 5.81. The van der Waals surface area contributed by atoms with E-state index < -0.39 is 0 Å². The van der Waals surface area contributed by atoms with Crippen molar-refractivity contribution >= 4 is 22.4 Å². The number of ether oxygens (including phenoxy) is 2. The zero-order valence-corrected chi connectivity index (χ0v) is 17.8. The average molecular weight is 411 g/mol. The van der Waals surface area contributed by atoms with Gasteiger partial charge >= 0.3 is 0 Å². The number of hydrogen-bond acceptors (Lipinski definition) is 5. The first-order chi connectivity index (χ1) is 14.1. The number of benzene rings is 2. The molecule has 0 spiro atoms. The van der Waals surface area contributed by atoms with E-state index in [9.17, 15) is 4.79 Å². The number of para-hydroxylation sites is 1. The van der Waals surface area contributed by atoms with Crippen LogP contribution in [0.3, 0.4) is 0 Å². The smallest absolute Gasteiger partial charge is 0.226 e. The van der Waals surface area contributed by atoms with E-state index in [1.54, 1.807) is 0 Å². The topological polar surface area (TPSA) is 60.5 Å². The Morgan fingerprint density at radius 3 is 2.72 bits per heavy atom. The van der Waals surface area contributed by atoms with Crippen LogP contribution in [0.1, 0.15) is 30.9 Å². The Morgan fingerprint density at radius 1 is 1.10 bits per heavy atom. The molecular weight excluding hydrogens is 384 g/mol. The summed E-state index contributed by atoms with van der Waals surface area (Å²) >= 11 is 1.41. The highest BCUT2D eigenvalue weighted by Gasteiger charge is 2.11. The molecule has 0 unspecified atom stereocenters. The summed E-state index contributed by atoms with van der Waals surface area (Å²) in [5, 5.41) is 5.39. The maximum atomic E-state index is 12.2. The van der Waals surface area contributed by atoms with Crippen molar-refractivity contribution < 1.29 is 14.3 Å². The summed E-state index contributed by atoms with van der Waals surface area (Å²) in [5.74, 6) is 1.60. The van der Waals surface area contributed by atoms with E-state index in [0.717, 1.165) is 28.3 Å². The first-order valence-corrected chi connectivity index (χ1v) is 10.6. The van der Waals surface area contributed by atoms with Crippen LogP contribution in [0.5, 0.6) is 11.5 Å². The van der Waals surface area contributed by atoms with E-state index in [0.29, 0.717) is 31.2 Å². The van der Waals surface area contributed by atoms with Gasteiger partial charge < -0.3 is 14.8 Å². The van der Waals surface area contributed by atoms with Crippen LogP contribution in [0.25, 0.3) is 11.3 Å². The number of anilines is 1. The summed E-state index contributed by atoms with van der Waals surface area (Å²) < 4.78 is 11.4. The van der Waals surface area contributed by atoms with Gasteiger partial charge in [-0.15, -0.1) is 11.3 Å². The second-order valence-corrected chi connectivity index (χ2v) is 7.59. The second-order valence-electron chi connectivity index (χ2n) is 6.74. The minimum atomic E-state index is -0.0618. The van der Waals surface area contributed by atoms with Crippen molar-refractivity contribution in [1.82, 2.24) is 4.98 Å². The molecule has 0 bridgehead atoms. The highest BCUT2D eigenvalue weighted by atomic mass is 32.1. The van der Waals surface area contributed by atoms with E-state index in [1.165, 1.54) is 16.9 Å². The van der Waals surface area contributed by atoms with E-state index in [-0.39, 0.29) is 5.91 Å². The fourth-order valence-corrected chi connectivity index (χ4v) is 3.70. The Bertz CT molecular complexity index is 968. The van der Waals surface area contributed by atoms with Crippen molar-refractivity contribution in [3.63, 3.8) is 0 Å². The number of carbonyl (C=O) groups is 1. The lowest BCUT2D eigenvalue weighted by Gasteiger charge is -2.09. The Kier molecular flexibility index (Phi) is 7.25. The lowest BCUT2D eigenvalue weighted by atomic mass is 10.1. The van der Waals surface area contributed by atoms with Gasteiger partial charge in [0.15, 0.2) is 5.13 Å². The van der Waals surface area contributed by atoms with Gasteiger partial charge in [0.1, 0.15) is 11.5 Å². The molecule has 152 valence electrons. The first kappa shape index (κ1) is 20.9. The molecule has 0 saturated heterocycles. The molecule has 1 heterocycles. The predicted octanol–water partition coefficient (Wildman–Crippen LogP) is 5.62. The molecule has 1 amide bonds. The summed E-state index contributed by atoms with van der Waals surface area (Å²) in [7, 11) is 0. The molecule has 29 heavy (non-hydrogen) atoms. The van der Waals surface area contributed by atoms with Crippen molar-refractivity contribution in [2.45, 2.75) is 33.6 Å². The van der Waals surface area contributed by atoms with Crippen LogP contribution in [0.4, 0.5) is 5.13 Å². The molecule has 1 N–H and O–H groups in total. The predicted molar refractivity (Wildman–Crippen MR) is 118 cm³/mol. The van der Waals surface area contributed by atoms with Crippen molar-refractivity contribution in [3.05, 3.63) is 59.0 Å². The van der Waals surface area contributed by atoms with E-state index in [4.69, 9.17) is 9.47 Å². The molecule has 0 radical (unpaired) electrons. The van der Waals surface area contributed by atoms with Crippen LogP contribution in [0.15, 0.2) is 47.8 Å². The van der Waals surface area contributed by atoms with Gasteiger partial charge in [-0.2, -0.15) is 0 Å². The van der Waals surface area contributed by atoms with Gasteiger partial charge in [-0.05, 0) is 51.0 Å². The van der Waals surface area contributed by atoms with Gasteiger partial charge in [0.05, 0.1) is 18.9 Å². The fourth-order valence-electron chi connectivity index (χ4n) is 2.97. The zero-order chi connectivity index (χ0) is 20.6. The van der Waals surface area contributed by atoms with Crippen LogP contribution < -0.4 is 14.8 Å². The number of rotatable bonds is 9. The van der Waals surface area contributed by atoms with E-state index in [1.807, 2.05) is 55.6 Å². The Hall–Kier alpha value is -2.86. The van der Waals surface area contributed by atoms with Gasteiger partial charge in [-0.1, -0.05) is 29.8 Å². The second kappa shape index (κ2) is 10.1. The monoisotopic (exact) mass is 410 g/mol. The van der Waals surface area contributed by atoms with Crippen molar-refractivity contribution in [2.24, 2.45) is 0 Å². The summed E-state index contributed by atoms with van der Waals surface area (Å²) in [5.41, 5.74) is 4.04. The average Bonchev–Trinajstić information content (AvgIpc) is 3.15. The van der Waals surface area contributed by atoms with Crippen molar-refractivity contribution in [1.29, 1.82) is 0 Å². The highest BCUT2D eigenvalue weighted by Crippen LogP contribution is 2.32. The zero-order valence-electron chi connectivity index (χ0n) is 17.0. The van der Waals surface area contributed by atoms with Crippen LogP contribution >= 0.6 is 11.3 Å². The summed E-state index contributed by atoms with van der Waals surface area (Å²) in [6.45, 7) is 7.13. The summed E-state index contributed by atoms with van der Waals surface area (Å²) in [6, 6.07) is 13.9. The maximum absolute atomic E-state index is 12.2. The number of amides is 1. The van der Waals surface area contributed by atoms with Crippen molar-refractivity contribution in [3.8, 4) is 22.8 Å². The molecule has 0 aliphatic carbocycles. The molecule has 0 saturated carbocycles. The molecule has 2 aromatic carbocycles. The Labute approximate surface area is 175 Å². The van der Waals surface area contributed by atoms with E-state index >= 15 is 0 Å². The quantitative estimate of drug-likeness (QED) is 0.465. The lowest BCUT2D eigenvalue weighted by molar-refractivity contribution is -0.116. The minimum absolute atomic E-state index is 0.0618. The molecule has 0 atom stereocenters. The summed E-state index contributed by atoms with van der Waals surface area (Å²) in [4.78, 5) is 16.8. The first-order valence-electron chi connectivity index (χ1n) is 9.74. The van der Waals surface area contributed by atoms with Crippen LogP contribution in [0, 0.1) is 13.8 Å². The van der Waals surface area contributed by atoms with Gasteiger partial charge in [0.2, 0.25) is 5.91 Å². The number of aromatic nitrogens is 1.